The number of carbonyl (C=O) groups is 1. The van der Waals surface area contributed by atoms with Gasteiger partial charge in [-0.2, -0.15) is 13.2 Å². The summed E-state index contributed by atoms with van der Waals surface area (Å²) in [5.41, 5.74) is -1.69. The Bertz CT molecular complexity index is 1420. The molecule has 0 saturated carbocycles. The van der Waals surface area contributed by atoms with Crippen molar-refractivity contribution in [2.24, 2.45) is 5.16 Å². The summed E-state index contributed by atoms with van der Waals surface area (Å²) in [5, 5.41) is 3.79. The summed E-state index contributed by atoms with van der Waals surface area (Å²) >= 11 is 0. The monoisotopic (exact) mass is 569 g/mol. The molecule has 3 aromatic rings. The minimum Gasteiger partial charge on any atom is -0.357 e. The Labute approximate surface area is 223 Å². The van der Waals surface area contributed by atoms with Crippen molar-refractivity contribution < 1.29 is 40.4 Å². The van der Waals surface area contributed by atoms with Crippen LogP contribution in [0.1, 0.15) is 47.6 Å². The summed E-state index contributed by atoms with van der Waals surface area (Å²) < 4.78 is 97.6. The molecule has 7 nitrogen and oxygen atoms in total. The van der Waals surface area contributed by atoms with Crippen LogP contribution in [0.2, 0.25) is 0 Å². The highest BCUT2D eigenvalue weighted by Gasteiger charge is 2.48. The molecule has 1 aliphatic rings. The van der Waals surface area contributed by atoms with Gasteiger partial charge in [0.2, 0.25) is 5.91 Å². The number of rotatable bonds is 6. The molecule has 1 fully saturated rings. The van der Waals surface area contributed by atoms with Gasteiger partial charge in [-0.1, -0.05) is 11.2 Å². The number of alkyl halides is 5. The summed E-state index contributed by atoms with van der Waals surface area (Å²) in [6, 6.07) is 4.86. The predicted octanol–water partition coefficient (Wildman–Crippen LogP) is 5.47. The van der Waals surface area contributed by atoms with E-state index < -0.39 is 59.8 Å². The highest BCUT2D eigenvalue weighted by molar-refractivity contribution is 5.99. The highest BCUT2D eigenvalue weighted by Crippen LogP contribution is 2.41. The van der Waals surface area contributed by atoms with E-state index >= 15 is 8.78 Å². The second kappa shape index (κ2) is 11.2. The number of hydrogen-bond acceptors (Lipinski definition) is 6. The van der Waals surface area contributed by atoms with Gasteiger partial charge in [0.15, 0.2) is 5.75 Å². The number of pyridine rings is 1. The lowest BCUT2D eigenvalue weighted by Gasteiger charge is -2.38. The van der Waals surface area contributed by atoms with Gasteiger partial charge in [0.05, 0.1) is 30.3 Å². The quantitative estimate of drug-likeness (QED) is 0.223. The first-order chi connectivity index (χ1) is 18.8. The van der Waals surface area contributed by atoms with Crippen LogP contribution in [0.25, 0.3) is 0 Å². The van der Waals surface area contributed by atoms with Crippen LogP contribution < -0.4 is 4.84 Å². The molecule has 1 aliphatic heterocycles. The largest absolute Gasteiger partial charge is 0.433 e. The van der Waals surface area contributed by atoms with E-state index in [0.717, 1.165) is 35.4 Å². The molecule has 40 heavy (non-hydrogen) atoms. The van der Waals surface area contributed by atoms with E-state index in [0.29, 0.717) is 6.07 Å². The van der Waals surface area contributed by atoms with E-state index in [-0.39, 0.29) is 41.5 Å². The molecule has 0 N–H and O–H groups in total. The van der Waals surface area contributed by atoms with Crippen LogP contribution in [-0.2, 0) is 17.4 Å². The van der Waals surface area contributed by atoms with Gasteiger partial charge < -0.3 is 9.74 Å². The zero-order valence-corrected chi connectivity index (χ0v) is 21.1. The fourth-order valence-corrected chi connectivity index (χ4v) is 4.28. The molecule has 1 atom stereocenters. The van der Waals surface area contributed by atoms with Crippen molar-refractivity contribution in [2.45, 2.75) is 44.7 Å². The summed E-state index contributed by atoms with van der Waals surface area (Å²) in [6.45, 7) is 1.73. The minimum atomic E-state index is -4.71. The molecule has 0 spiro atoms. The van der Waals surface area contributed by atoms with Gasteiger partial charge in [-0.15, -0.1) is 0 Å². The third kappa shape index (κ3) is 6.37. The smallest absolute Gasteiger partial charge is 0.357 e. The van der Waals surface area contributed by atoms with Gasteiger partial charge in [0, 0.05) is 42.2 Å². The maximum absolute atomic E-state index is 15.5. The van der Waals surface area contributed by atoms with Crippen LogP contribution in [0.5, 0.6) is 5.75 Å². The third-order valence-electron chi connectivity index (χ3n) is 6.31. The number of piperidine rings is 1. The van der Waals surface area contributed by atoms with Crippen molar-refractivity contribution in [2.75, 3.05) is 13.1 Å². The van der Waals surface area contributed by atoms with E-state index in [1.54, 1.807) is 0 Å². The van der Waals surface area contributed by atoms with Gasteiger partial charge in [-0.05, 0) is 32.4 Å². The van der Waals surface area contributed by atoms with Crippen LogP contribution in [0.15, 0.2) is 47.9 Å². The van der Waals surface area contributed by atoms with Gasteiger partial charge in [0.1, 0.15) is 23.2 Å². The SMILES string of the molecule is C/C(=N/Oc1ccnc(C(F)(F)F)c1)c1cnc(C)nc1C1CCN(C(=O)Cc2c(F)cccc2F)CC1(F)F. The van der Waals surface area contributed by atoms with E-state index in [9.17, 15) is 26.7 Å². The normalized spacial score (nSPS) is 17.6. The van der Waals surface area contributed by atoms with Crippen molar-refractivity contribution in [1.82, 2.24) is 19.9 Å². The minimum absolute atomic E-state index is 0.0182. The molecule has 0 bridgehead atoms. The van der Waals surface area contributed by atoms with Crippen LogP contribution in [0.4, 0.5) is 30.7 Å². The van der Waals surface area contributed by atoms with Gasteiger partial charge in [0.25, 0.3) is 5.92 Å². The molecule has 212 valence electrons. The van der Waals surface area contributed by atoms with Crippen molar-refractivity contribution in [1.29, 1.82) is 0 Å². The van der Waals surface area contributed by atoms with E-state index in [4.69, 9.17) is 4.84 Å². The number of hydrogen-bond donors (Lipinski definition) is 0. The number of likely N-dealkylation sites (tertiary alicyclic amines) is 1. The molecule has 1 aromatic carbocycles. The number of oxime groups is 1. The van der Waals surface area contributed by atoms with E-state index in [1.807, 2.05) is 0 Å². The Kier molecular flexibility index (Phi) is 8.08. The Balaban J connectivity index is 1.55. The first-order valence-corrected chi connectivity index (χ1v) is 11.9. The standard InChI is InChI=1S/C26H22F7N5O2/c1-14(37-40-16-6-8-34-22(10-16)26(31,32)33)18-12-35-15(2)36-24(18)19-7-9-38(13-25(19,29)30)23(39)11-17-20(27)4-3-5-21(17)28/h3-6,8,10,12,19H,7,9,11,13H2,1-2H3/b37-14-. The first kappa shape index (κ1) is 28.9. The number of aromatic nitrogens is 3. The van der Waals surface area contributed by atoms with Crippen LogP contribution in [0, 0.1) is 18.6 Å². The molecule has 2 aromatic heterocycles. The summed E-state index contributed by atoms with van der Waals surface area (Å²) in [6.07, 6.45) is -3.52. The maximum atomic E-state index is 15.5. The average molecular weight is 569 g/mol. The molecule has 3 heterocycles. The lowest BCUT2D eigenvalue weighted by molar-refractivity contribution is -0.143. The third-order valence-corrected chi connectivity index (χ3v) is 6.31. The molecular weight excluding hydrogens is 547 g/mol. The number of aryl methyl sites for hydroxylation is 1. The lowest BCUT2D eigenvalue weighted by Crippen LogP contribution is -2.50. The number of nitrogens with zero attached hydrogens (tertiary/aromatic N) is 5. The Morgan fingerprint density at radius 1 is 1.18 bits per heavy atom. The Morgan fingerprint density at radius 3 is 2.52 bits per heavy atom. The maximum Gasteiger partial charge on any atom is 0.433 e. The Hall–Kier alpha value is -4.10. The number of carbonyl (C=O) groups excluding carboxylic acids is 1. The zero-order chi connectivity index (χ0) is 29.2. The fraction of sp³-hybridized carbons (Fsp3) is 0.346. The molecule has 14 heteroatoms. The van der Waals surface area contributed by atoms with Crippen molar-refractivity contribution in [3.8, 4) is 5.75 Å². The van der Waals surface area contributed by atoms with Crippen LogP contribution >= 0.6 is 0 Å². The van der Waals surface area contributed by atoms with Gasteiger partial charge in [-0.25, -0.2) is 27.5 Å². The zero-order valence-electron chi connectivity index (χ0n) is 21.1. The number of halogens is 7. The second-order valence-corrected chi connectivity index (χ2v) is 9.15. The fourth-order valence-electron chi connectivity index (χ4n) is 4.28. The van der Waals surface area contributed by atoms with Crippen molar-refractivity contribution in [3.05, 3.63) is 82.7 Å². The molecular formula is C26H22F7N5O2. The summed E-state index contributed by atoms with van der Waals surface area (Å²) in [5.74, 6) is -7.83. The van der Waals surface area contributed by atoms with Crippen molar-refractivity contribution >= 4 is 11.6 Å². The van der Waals surface area contributed by atoms with Crippen molar-refractivity contribution in [3.63, 3.8) is 0 Å². The molecule has 0 radical (unpaired) electrons. The topological polar surface area (TPSA) is 80.6 Å². The summed E-state index contributed by atoms with van der Waals surface area (Å²) in [7, 11) is 0. The summed E-state index contributed by atoms with van der Waals surface area (Å²) in [4.78, 5) is 30.0. The van der Waals surface area contributed by atoms with Crippen LogP contribution in [-0.4, -0.2) is 50.5 Å². The van der Waals surface area contributed by atoms with E-state index in [1.165, 1.54) is 20.0 Å². The molecule has 1 unspecified atom stereocenters. The highest BCUT2D eigenvalue weighted by atomic mass is 19.4. The van der Waals surface area contributed by atoms with Gasteiger partial charge in [-0.3, -0.25) is 9.78 Å². The lowest BCUT2D eigenvalue weighted by atomic mass is 9.86. The predicted molar refractivity (Wildman–Crippen MR) is 128 cm³/mol. The Morgan fingerprint density at radius 2 is 1.88 bits per heavy atom. The number of amides is 1. The second-order valence-electron chi connectivity index (χ2n) is 9.15. The molecule has 0 aliphatic carbocycles. The molecule has 4 rings (SSSR count). The van der Waals surface area contributed by atoms with Crippen LogP contribution in [0.3, 0.4) is 0 Å². The van der Waals surface area contributed by atoms with Gasteiger partial charge >= 0.3 is 6.18 Å². The number of benzene rings is 1. The van der Waals surface area contributed by atoms with E-state index in [2.05, 4.69) is 20.1 Å². The molecule has 1 amide bonds. The average Bonchev–Trinajstić information content (AvgIpc) is 2.88. The molecule has 1 saturated heterocycles. The first-order valence-electron chi connectivity index (χ1n) is 11.9.